The molecule has 0 aliphatic heterocycles. The van der Waals surface area contributed by atoms with Crippen LogP contribution in [0.2, 0.25) is 0 Å². The van der Waals surface area contributed by atoms with Crippen LogP contribution in [0.1, 0.15) is 33.0 Å². The summed E-state index contributed by atoms with van der Waals surface area (Å²) in [4.78, 5) is 35.8. The molecule has 0 unspecified atom stereocenters. The highest BCUT2D eigenvalue weighted by Crippen LogP contribution is 2.21. The van der Waals surface area contributed by atoms with E-state index in [1.807, 2.05) is 56.3 Å². The number of nitrogens with one attached hydrogen (secondary N) is 1. The first-order valence-electron chi connectivity index (χ1n) is 9.31. The van der Waals surface area contributed by atoms with Crippen molar-refractivity contribution in [1.82, 2.24) is 19.6 Å². The van der Waals surface area contributed by atoms with Gasteiger partial charge < -0.3 is 4.90 Å². The van der Waals surface area contributed by atoms with E-state index in [-0.39, 0.29) is 23.8 Å². The Morgan fingerprint density at radius 1 is 1.00 bits per heavy atom. The van der Waals surface area contributed by atoms with Gasteiger partial charge in [-0.1, -0.05) is 35.4 Å². The SMILES string of the molecule is Cc1ccc(N(Cc2nc3nc(C)cc(=O)n3[nH]2)C(=O)c2cccc(C)c2)cc1. The molecule has 0 saturated heterocycles. The summed E-state index contributed by atoms with van der Waals surface area (Å²) in [7, 11) is 0. The molecule has 2 heterocycles. The Hall–Kier alpha value is -3.74. The number of H-pyrrole nitrogens is 1. The first kappa shape index (κ1) is 18.6. The number of hydrogen-bond acceptors (Lipinski definition) is 4. The number of aromatic amines is 1. The number of carbonyl (C=O) groups excluding carboxylic acids is 1. The molecule has 7 heteroatoms. The lowest BCUT2D eigenvalue weighted by Gasteiger charge is -2.22. The second-order valence-electron chi connectivity index (χ2n) is 7.14. The number of carbonyl (C=O) groups is 1. The summed E-state index contributed by atoms with van der Waals surface area (Å²) in [5, 5.41) is 2.96. The van der Waals surface area contributed by atoms with Crippen molar-refractivity contribution in [2.45, 2.75) is 27.3 Å². The number of anilines is 1. The van der Waals surface area contributed by atoms with Gasteiger partial charge in [-0.25, -0.2) is 4.98 Å². The molecule has 0 saturated carbocycles. The third-order valence-corrected chi connectivity index (χ3v) is 4.67. The maximum Gasteiger partial charge on any atom is 0.274 e. The van der Waals surface area contributed by atoms with Crippen LogP contribution in [0.4, 0.5) is 5.69 Å². The van der Waals surface area contributed by atoms with Crippen molar-refractivity contribution in [2.24, 2.45) is 0 Å². The minimum Gasteiger partial charge on any atom is -0.301 e. The molecule has 0 bridgehead atoms. The Morgan fingerprint density at radius 3 is 2.48 bits per heavy atom. The topological polar surface area (TPSA) is 83.4 Å². The van der Waals surface area contributed by atoms with Crippen molar-refractivity contribution in [3.63, 3.8) is 0 Å². The van der Waals surface area contributed by atoms with Gasteiger partial charge in [-0.2, -0.15) is 9.50 Å². The van der Waals surface area contributed by atoms with Crippen molar-refractivity contribution in [3.8, 4) is 0 Å². The van der Waals surface area contributed by atoms with Crippen LogP contribution in [0.5, 0.6) is 0 Å². The number of amides is 1. The molecule has 1 N–H and O–H groups in total. The maximum atomic E-state index is 13.3. The summed E-state index contributed by atoms with van der Waals surface area (Å²) in [5.41, 5.74) is 3.81. The van der Waals surface area contributed by atoms with Gasteiger partial charge in [-0.15, -0.1) is 0 Å². The number of aryl methyl sites for hydroxylation is 3. The van der Waals surface area contributed by atoms with E-state index in [1.54, 1.807) is 17.9 Å². The number of nitrogens with zero attached hydrogens (tertiary/aromatic N) is 4. The fourth-order valence-electron chi connectivity index (χ4n) is 3.20. The minimum atomic E-state index is -0.238. The highest BCUT2D eigenvalue weighted by molar-refractivity contribution is 6.06. The van der Waals surface area contributed by atoms with Gasteiger partial charge in [0.25, 0.3) is 17.2 Å². The van der Waals surface area contributed by atoms with Gasteiger partial charge in [0.2, 0.25) is 0 Å². The van der Waals surface area contributed by atoms with Gasteiger partial charge in [-0.05, 0) is 45.0 Å². The Bertz CT molecular complexity index is 1250. The number of fused-ring (bicyclic) bond motifs is 1. The number of hydrogen-bond donors (Lipinski definition) is 1. The second kappa shape index (κ2) is 7.35. The largest absolute Gasteiger partial charge is 0.301 e. The molecule has 0 spiro atoms. The second-order valence-corrected chi connectivity index (χ2v) is 7.14. The van der Waals surface area contributed by atoms with Crippen LogP contribution >= 0.6 is 0 Å². The Morgan fingerprint density at radius 2 is 1.76 bits per heavy atom. The number of rotatable bonds is 4. The van der Waals surface area contributed by atoms with Gasteiger partial charge in [-0.3, -0.25) is 14.7 Å². The monoisotopic (exact) mass is 387 g/mol. The first-order valence-corrected chi connectivity index (χ1v) is 9.31. The predicted octanol–water partition coefficient (Wildman–Crippen LogP) is 3.19. The molecule has 0 radical (unpaired) electrons. The van der Waals surface area contributed by atoms with Gasteiger partial charge in [0.05, 0.1) is 6.54 Å². The molecular weight excluding hydrogens is 366 g/mol. The van der Waals surface area contributed by atoms with Gasteiger partial charge in [0.1, 0.15) is 5.82 Å². The average molecular weight is 387 g/mol. The molecule has 4 aromatic rings. The predicted molar refractivity (Wildman–Crippen MR) is 111 cm³/mol. The van der Waals surface area contributed by atoms with E-state index in [1.165, 1.54) is 10.6 Å². The Labute approximate surface area is 167 Å². The summed E-state index contributed by atoms with van der Waals surface area (Å²) in [6, 6.07) is 16.6. The fourth-order valence-corrected chi connectivity index (χ4v) is 3.20. The third kappa shape index (κ3) is 3.80. The average Bonchev–Trinajstić information content (AvgIpc) is 3.09. The highest BCUT2D eigenvalue weighted by atomic mass is 16.2. The maximum absolute atomic E-state index is 13.3. The molecule has 7 nitrogen and oxygen atoms in total. The minimum absolute atomic E-state index is 0.144. The van der Waals surface area contributed by atoms with Crippen LogP contribution in [0.15, 0.2) is 59.4 Å². The highest BCUT2D eigenvalue weighted by Gasteiger charge is 2.20. The van der Waals surface area contributed by atoms with E-state index in [2.05, 4.69) is 15.1 Å². The zero-order chi connectivity index (χ0) is 20.5. The van der Waals surface area contributed by atoms with E-state index < -0.39 is 0 Å². The summed E-state index contributed by atoms with van der Waals surface area (Å²) in [6.07, 6.45) is 0. The van der Waals surface area contributed by atoms with Crippen molar-refractivity contribution in [3.05, 3.63) is 93.2 Å². The van der Waals surface area contributed by atoms with E-state index in [0.29, 0.717) is 17.1 Å². The summed E-state index contributed by atoms with van der Waals surface area (Å²) in [5.74, 6) is 0.619. The molecule has 1 amide bonds. The lowest BCUT2D eigenvalue weighted by Crippen LogP contribution is -2.31. The summed E-state index contributed by atoms with van der Waals surface area (Å²) < 4.78 is 1.28. The Kier molecular flexibility index (Phi) is 4.72. The fraction of sp³-hybridized carbons (Fsp3) is 0.182. The van der Waals surface area contributed by atoms with Crippen LogP contribution in [-0.2, 0) is 6.54 Å². The molecule has 29 heavy (non-hydrogen) atoms. The third-order valence-electron chi connectivity index (χ3n) is 4.67. The van der Waals surface area contributed by atoms with Crippen LogP contribution in [0.3, 0.4) is 0 Å². The zero-order valence-electron chi connectivity index (χ0n) is 16.5. The first-order chi connectivity index (χ1) is 13.9. The van der Waals surface area contributed by atoms with Crippen LogP contribution in [0, 0.1) is 20.8 Å². The molecular formula is C22H21N5O2. The van der Waals surface area contributed by atoms with Crippen LogP contribution in [-0.4, -0.2) is 25.5 Å². The molecule has 0 atom stereocenters. The zero-order valence-corrected chi connectivity index (χ0v) is 16.5. The summed E-state index contributed by atoms with van der Waals surface area (Å²) in [6.45, 7) is 5.87. The molecule has 0 fully saturated rings. The van der Waals surface area contributed by atoms with Crippen molar-refractivity contribution in [1.29, 1.82) is 0 Å². The standard InChI is InChI=1S/C22H21N5O2/c1-14-7-9-18(10-8-14)26(21(29)17-6-4-5-15(2)11-17)13-19-24-22-23-16(3)12-20(28)27(22)25-19/h4-12H,13H2,1-3H3,(H,23,24,25). The van der Waals surface area contributed by atoms with E-state index >= 15 is 0 Å². The lowest BCUT2D eigenvalue weighted by molar-refractivity contribution is 0.0984. The molecule has 2 aromatic heterocycles. The van der Waals surface area contributed by atoms with E-state index in [0.717, 1.165) is 16.8 Å². The van der Waals surface area contributed by atoms with Crippen LogP contribution in [0.25, 0.3) is 5.78 Å². The number of aromatic nitrogens is 4. The lowest BCUT2D eigenvalue weighted by atomic mass is 10.1. The smallest absolute Gasteiger partial charge is 0.274 e. The van der Waals surface area contributed by atoms with Gasteiger partial charge in [0.15, 0.2) is 0 Å². The molecule has 0 aliphatic rings. The van der Waals surface area contributed by atoms with E-state index in [4.69, 9.17) is 0 Å². The Balaban J connectivity index is 1.76. The van der Waals surface area contributed by atoms with Crippen molar-refractivity contribution >= 4 is 17.4 Å². The summed E-state index contributed by atoms with van der Waals surface area (Å²) >= 11 is 0. The normalized spacial score (nSPS) is 11.0. The van der Waals surface area contributed by atoms with Crippen molar-refractivity contribution in [2.75, 3.05) is 4.90 Å². The number of benzene rings is 2. The van der Waals surface area contributed by atoms with E-state index in [9.17, 15) is 9.59 Å². The molecule has 0 aliphatic carbocycles. The van der Waals surface area contributed by atoms with Crippen molar-refractivity contribution < 1.29 is 4.79 Å². The van der Waals surface area contributed by atoms with Gasteiger partial charge >= 0.3 is 0 Å². The molecule has 146 valence electrons. The van der Waals surface area contributed by atoms with Gasteiger partial charge in [0, 0.05) is 23.0 Å². The van der Waals surface area contributed by atoms with Crippen LogP contribution < -0.4 is 10.5 Å². The molecule has 2 aromatic carbocycles. The molecule has 4 rings (SSSR count). The quantitative estimate of drug-likeness (QED) is 0.583.